The van der Waals surface area contributed by atoms with Crippen molar-refractivity contribution in [2.75, 3.05) is 26.4 Å². The Balaban J connectivity index is 1.92. The van der Waals surface area contributed by atoms with Crippen LogP contribution in [0.4, 0.5) is 0 Å². The zero-order valence-corrected chi connectivity index (χ0v) is 26.8. The molecule has 23 nitrogen and oxygen atoms in total. The molecule has 0 aromatic heterocycles. The molecular weight excluding hydrogens is 686 g/mol. The Bertz CT molecular complexity index is 1180. The van der Waals surface area contributed by atoms with Gasteiger partial charge in [-0.2, -0.15) is 0 Å². The maximum absolute atomic E-state index is 12.6. The summed E-state index contributed by atoms with van der Waals surface area (Å²) in [5, 5.41) is 120. The van der Waals surface area contributed by atoms with E-state index in [9.17, 15) is 70.2 Å². The van der Waals surface area contributed by atoms with Crippen molar-refractivity contribution in [2.24, 2.45) is 0 Å². The number of aliphatic hydroxyl groups is 10. The number of carbonyl (C=O) groups excluding carboxylic acids is 3. The highest BCUT2D eigenvalue weighted by molar-refractivity contribution is 5.78. The summed E-state index contributed by atoms with van der Waals surface area (Å²) in [4.78, 5) is 48.3. The normalized spacial score (nSPS) is 40.3. The third-order valence-corrected chi connectivity index (χ3v) is 8.37. The lowest BCUT2D eigenvalue weighted by atomic mass is 9.88. The first kappa shape index (κ1) is 41.7. The highest BCUT2D eigenvalue weighted by Crippen LogP contribution is 2.35. The third kappa shape index (κ3) is 9.38. The van der Waals surface area contributed by atoms with Crippen molar-refractivity contribution in [3.05, 3.63) is 0 Å². The molecule has 0 radical (unpaired) electrons. The number of carboxylic acid groups (broad SMARTS) is 1. The highest BCUT2D eigenvalue weighted by Gasteiger charge is 2.57. The summed E-state index contributed by atoms with van der Waals surface area (Å²) in [5.41, 5.74) is 0. The van der Waals surface area contributed by atoms with Crippen LogP contribution in [0, 0.1) is 0 Å². The zero-order valence-electron chi connectivity index (χ0n) is 26.8. The van der Waals surface area contributed by atoms with Gasteiger partial charge in [0.05, 0.1) is 32.0 Å². The van der Waals surface area contributed by atoms with Gasteiger partial charge >= 0.3 is 5.97 Å². The van der Waals surface area contributed by atoms with E-state index < -0.39 is 154 Å². The Morgan fingerprint density at radius 3 is 2.00 bits per heavy atom. The van der Waals surface area contributed by atoms with Crippen LogP contribution in [-0.2, 0) is 42.9 Å². The number of ether oxygens (including phenoxy) is 5. The van der Waals surface area contributed by atoms with Gasteiger partial charge in [0.15, 0.2) is 12.6 Å². The van der Waals surface area contributed by atoms with Gasteiger partial charge in [-0.25, -0.2) is 4.79 Å². The molecule has 3 fully saturated rings. The maximum atomic E-state index is 12.6. The van der Waals surface area contributed by atoms with Crippen LogP contribution in [0.3, 0.4) is 0 Å². The SMILES string of the molecule is CC(=O)N[C@H]1[C@H](O[C@H]2[C@@H](O)[C@@H](CO[C@]3(C(=O)O)C[C@H](O)[C@@H](NC(=O)CO)[C@H]([C@H](O)[C@H](O)CO)O3)OC(O)[C@@H]2NC(C)=O)O[C@H](CO)[C@@H](O)[C@@H]1O. The van der Waals surface area contributed by atoms with E-state index in [0.29, 0.717) is 0 Å². The predicted octanol–water partition coefficient (Wildman–Crippen LogP) is -8.96. The first-order chi connectivity index (χ1) is 23.4. The van der Waals surface area contributed by atoms with Gasteiger partial charge in [0.25, 0.3) is 5.79 Å². The second-order valence-electron chi connectivity index (χ2n) is 12.0. The fraction of sp³-hybridized carbons (Fsp3) is 0.852. The number of nitrogens with one attached hydrogen (secondary N) is 3. The van der Waals surface area contributed by atoms with Crippen molar-refractivity contribution in [1.29, 1.82) is 0 Å². The van der Waals surface area contributed by atoms with E-state index >= 15 is 0 Å². The molecule has 3 aliphatic heterocycles. The number of carbonyl (C=O) groups is 4. The molecule has 1 unspecified atom stereocenters. The van der Waals surface area contributed by atoms with Crippen molar-refractivity contribution < 1.29 is 99.0 Å². The molecule has 0 saturated carbocycles. The summed E-state index contributed by atoms with van der Waals surface area (Å²) in [7, 11) is 0. The van der Waals surface area contributed by atoms with Gasteiger partial charge in [0.1, 0.15) is 73.6 Å². The quantitative estimate of drug-likeness (QED) is 0.0788. The van der Waals surface area contributed by atoms with Gasteiger partial charge < -0.3 is 95.8 Å². The number of aliphatic carboxylic acids is 1. The minimum atomic E-state index is -2.92. The lowest BCUT2D eigenvalue weighted by molar-refractivity contribution is -0.342. The van der Waals surface area contributed by atoms with Crippen molar-refractivity contribution in [3.63, 3.8) is 0 Å². The van der Waals surface area contributed by atoms with Crippen LogP contribution < -0.4 is 16.0 Å². The molecule has 0 aromatic carbocycles. The number of aliphatic hydroxyl groups excluding tert-OH is 10. The largest absolute Gasteiger partial charge is 0.477 e. The Kier molecular flexibility index (Phi) is 14.7. The van der Waals surface area contributed by atoms with Crippen molar-refractivity contribution in [1.82, 2.24) is 16.0 Å². The average molecular weight is 732 g/mol. The number of carboxylic acids is 1. The van der Waals surface area contributed by atoms with Gasteiger partial charge in [0, 0.05) is 20.3 Å². The third-order valence-electron chi connectivity index (χ3n) is 8.37. The Hall–Kier alpha value is -2.72. The van der Waals surface area contributed by atoms with Gasteiger partial charge in [-0.1, -0.05) is 0 Å². The minimum absolute atomic E-state index is 0.722. The molecule has 3 heterocycles. The van der Waals surface area contributed by atoms with Crippen molar-refractivity contribution in [3.8, 4) is 0 Å². The second kappa shape index (κ2) is 17.7. The summed E-state index contributed by atoms with van der Waals surface area (Å²) in [5.74, 6) is -7.41. The molecule has 23 heteroatoms. The summed E-state index contributed by atoms with van der Waals surface area (Å²) in [6.07, 6.45) is -23.3. The van der Waals surface area contributed by atoms with Gasteiger partial charge in [-0.15, -0.1) is 0 Å². The molecule has 50 heavy (non-hydrogen) atoms. The molecule has 16 atom stereocenters. The van der Waals surface area contributed by atoms with E-state index in [1.807, 2.05) is 0 Å². The zero-order chi connectivity index (χ0) is 37.7. The van der Waals surface area contributed by atoms with E-state index in [4.69, 9.17) is 28.8 Å². The van der Waals surface area contributed by atoms with E-state index in [0.717, 1.165) is 13.8 Å². The molecule has 3 rings (SSSR count). The van der Waals surface area contributed by atoms with E-state index in [1.165, 1.54) is 0 Å². The summed E-state index contributed by atoms with van der Waals surface area (Å²) in [6.45, 7) is -1.90. The maximum Gasteiger partial charge on any atom is 0.364 e. The lowest BCUT2D eigenvalue weighted by Gasteiger charge is -2.49. The standard InChI is InChI=1S/C27H45N3O20/c1-8(34)28-16-21(42)19(40)12(5-32)48-25(16)49-22-17(29-9(2)35)24(43)47-13(20(22)41)7-46-27(26(44)45)3-10(36)15(30-14(38)6-33)23(50-27)18(39)11(37)4-31/h10-13,15-25,31-33,36-37,39-43H,3-7H2,1-2H3,(H,28,34)(H,29,35)(H,30,38)(H,44,45)/t10-,11+,12+,13+,15+,16+,17+,18+,19+,20-,21+,22+,23+,24?,25-,27+/m0/s1. The van der Waals surface area contributed by atoms with Crippen LogP contribution in [0.2, 0.25) is 0 Å². The van der Waals surface area contributed by atoms with Crippen molar-refractivity contribution >= 4 is 23.7 Å². The Morgan fingerprint density at radius 2 is 1.46 bits per heavy atom. The van der Waals surface area contributed by atoms with Crippen LogP contribution in [0.25, 0.3) is 0 Å². The predicted molar refractivity (Wildman–Crippen MR) is 155 cm³/mol. The molecule has 0 aliphatic carbocycles. The number of hydrogen-bond acceptors (Lipinski definition) is 19. The molecule has 288 valence electrons. The fourth-order valence-electron chi connectivity index (χ4n) is 5.85. The lowest BCUT2D eigenvalue weighted by Crippen LogP contribution is -2.70. The first-order valence-electron chi connectivity index (χ1n) is 15.3. The van der Waals surface area contributed by atoms with Crippen LogP contribution in [0.15, 0.2) is 0 Å². The highest BCUT2D eigenvalue weighted by atomic mass is 16.7. The molecule has 0 bridgehead atoms. The van der Waals surface area contributed by atoms with Crippen LogP contribution >= 0.6 is 0 Å². The molecule has 3 saturated heterocycles. The number of rotatable bonds is 14. The number of hydrogen-bond donors (Lipinski definition) is 14. The van der Waals surface area contributed by atoms with E-state index in [1.54, 1.807) is 0 Å². The number of amides is 3. The van der Waals surface area contributed by atoms with Crippen LogP contribution in [0.1, 0.15) is 20.3 Å². The Labute approximate surface area is 283 Å². The summed E-state index contributed by atoms with van der Waals surface area (Å²) >= 11 is 0. The van der Waals surface area contributed by atoms with Crippen LogP contribution in [0.5, 0.6) is 0 Å². The molecule has 3 aliphatic rings. The van der Waals surface area contributed by atoms with E-state index in [-0.39, 0.29) is 0 Å². The average Bonchev–Trinajstić information content (AvgIpc) is 3.06. The fourth-order valence-corrected chi connectivity index (χ4v) is 5.85. The molecule has 14 N–H and O–H groups in total. The summed E-state index contributed by atoms with van der Waals surface area (Å²) in [6, 6.07) is -4.79. The van der Waals surface area contributed by atoms with Gasteiger partial charge in [-0.3, -0.25) is 14.4 Å². The second-order valence-corrected chi connectivity index (χ2v) is 12.0. The topological polar surface area (TPSA) is 373 Å². The summed E-state index contributed by atoms with van der Waals surface area (Å²) < 4.78 is 27.7. The minimum Gasteiger partial charge on any atom is -0.477 e. The molecule has 0 spiro atoms. The van der Waals surface area contributed by atoms with Crippen LogP contribution in [-0.4, -0.2) is 204 Å². The first-order valence-corrected chi connectivity index (χ1v) is 15.3. The smallest absolute Gasteiger partial charge is 0.364 e. The Morgan fingerprint density at radius 1 is 0.840 bits per heavy atom. The van der Waals surface area contributed by atoms with E-state index in [2.05, 4.69) is 16.0 Å². The van der Waals surface area contributed by atoms with Gasteiger partial charge in [0.2, 0.25) is 17.7 Å². The van der Waals surface area contributed by atoms with Crippen molar-refractivity contribution in [2.45, 2.75) is 118 Å². The monoisotopic (exact) mass is 731 g/mol. The molecular formula is C27H45N3O20. The molecule has 0 aromatic rings. The van der Waals surface area contributed by atoms with Gasteiger partial charge in [-0.05, 0) is 0 Å². The molecule has 3 amide bonds.